The number of methoxy groups -OCH3 is 1. The van der Waals surface area contributed by atoms with Crippen LogP contribution in [0.4, 0.5) is 0 Å². The maximum Gasteiger partial charge on any atom is 0.124 e. The van der Waals surface area contributed by atoms with Crippen molar-refractivity contribution in [3.8, 4) is 11.5 Å². The Morgan fingerprint density at radius 2 is 2.10 bits per heavy atom. The molecule has 0 aromatic heterocycles. The molecule has 2 N–H and O–H groups in total. The van der Waals surface area contributed by atoms with E-state index in [1.807, 2.05) is 24.3 Å². The molecule has 0 saturated carbocycles. The summed E-state index contributed by atoms with van der Waals surface area (Å²) in [6.07, 6.45) is 0.933. The summed E-state index contributed by atoms with van der Waals surface area (Å²) in [5.41, 5.74) is 9.51. The van der Waals surface area contributed by atoms with Gasteiger partial charge in [-0.2, -0.15) is 0 Å². The van der Waals surface area contributed by atoms with Gasteiger partial charge in [0.05, 0.1) is 19.8 Å². The summed E-state index contributed by atoms with van der Waals surface area (Å²) in [6, 6.07) is 11.3. The Bertz CT molecular complexity index is 642. The Balaban J connectivity index is 2.00. The summed E-state index contributed by atoms with van der Waals surface area (Å²) < 4.78 is 10.9. The normalized spacial score (nSPS) is 14.6. The van der Waals surface area contributed by atoms with E-state index in [0.717, 1.165) is 35.7 Å². The van der Waals surface area contributed by atoms with Gasteiger partial charge in [0.1, 0.15) is 11.5 Å². The van der Waals surface area contributed by atoms with Crippen LogP contribution < -0.4 is 15.2 Å². The van der Waals surface area contributed by atoms with Crippen LogP contribution in [0.5, 0.6) is 11.5 Å². The third-order valence-corrected chi connectivity index (χ3v) is 3.83. The lowest BCUT2D eigenvalue weighted by atomic mass is 9.96. The van der Waals surface area contributed by atoms with Gasteiger partial charge >= 0.3 is 0 Å². The van der Waals surface area contributed by atoms with Gasteiger partial charge in [-0.05, 0) is 35.4 Å². The average molecular weight is 290 g/mol. The second-order valence-corrected chi connectivity index (χ2v) is 5.27. The van der Waals surface area contributed by atoms with Gasteiger partial charge < -0.3 is 15.2 Å². The van der Waals surface area contributed by atoms with Gasteiger partial charge in [0, 0.05) is 17.0 Å². The van der Waals surface area contributed by atoms with Crippen molar-refractivity contribution in [2.24, 2.45) is 5.73 Å². The molecule has 0 aliphatic carbocycles. The molecule has 104 valence electrons. The molecule has 0 radical (unpaired) electrons. The zero-order chi connectivity index (χ0) is 14.1. The van der Waals surface area contributed by atoms with Crippen LogP contribution in [0.1, 0.15) is 22.7 Å². The molecule has 4 heteroatoms. The molecule has 3 rings (SSSR count). The Kier molecular flexibility index (Phi) is 3.55. The second kappa shape index (κ2) is 5.35. The average Bonchev–Trinajstić information content (AvgIpc) is 2.93. The van der Waals surface area contributed by atoms with Crippen LogP contribution in [0, 0.1) is 0 Å². The minimum absolute atomic E-state index is 0.269. The van der Waals surface area contributed by atoms with E-state index in [0.29, 0.717) is 5.02 Å². The van der Waals surface area contributed by atoms with E-state index in [9.17, 15) is 0 Å². The standard InChI is InChI=1S/C16H16ClNO2/c1-19-15-5-3-12(17)9-13(15)16(18)11-2-4-14-10(8-11)6-7-20-14/h2-5,8-9,16H,6-7,18H2,1H3. The van der Waals surface area contributed by atoms with Gasteiger partial charge in [-0.3, -0.25) is 0 Å². The monoisotopic (exact) mass is 289 g/mol. The fourth-order valence-corrected chi connectivity index (χ4v) is 2.71. The molecule has 1 atom stereocenters. The van der Waals surface area contributed by atoms with Crippen LogP contribution in [0.2, 0.25) is 5.02 Å². The molecule has 1 aliphatic heterocycles. The molecule has 1 aliphatic rings. The van der Waals surface area contributed by atoms with Gasteiger partial charge in [-0.15, -0.1) is 0 Å². The fraction of sp³-hybridized carbons (Fsp3) is 0.250. The molecule has 0 amide bonds. The largest absolute Gasteiger partial charge is 0.496 e. The molecule has 1 unspecified atom stereocenters. The van der Waals surface area contributed by atoms with Crippen molar-refractivity contribution in [1.82, 2.24) is 0 Å². The van der Waals surface area contributed by atoms with Gasteiger partial charge in [0.25, 0.3) is 0 Å². The van der Waals surface area contributed by atoms with Gasteiger partial charge in [-0.1, -0.05) is 23.7 Å². The first-order valence-electron chi connectivity index (χ1n) is 6.53. The first-order valence-corrected chi connectivity index (χ1v) is 6.91. The van der Waals surface area contributed by atoms with E-state index < -0.39 is 0 Å². The van der Waals surface area contributed by atoms with E-state index in [-0.39, 0.29) is 6.04 Å². The van der Waals surface area contributed by atoms with E-state index >= 15 is 0 Å². The summed E-state index contributed by atoms with van der Waals surface area (Å²) in [6.45, 7) is 0.745. The zero-order valence-electron chi connectivity index (χ0n) is 11.2. The van der Waals surface area contributed by atoms with Crippen molar-refractivity contribution in [1.29, 1.82) is 0 Å². The summed E-state index contributed by atoms with van der Waals surface area (Å²) in [5.74, 6) is 1.71. The van der Waals surface area contributed by atoms with Gasteiger partial charge in [0.2, 0.25) is 0 Å². The number of nitrogens with two attached hydrogens (primary N) is 1. The lowest BCUT2D eigenvalue weighted by molar-refractivity contribution is 0.357. The van der Waals surface area contributed by atoms with Crippen LogP contribution in [0.25, 0.3) is 0 Å². The molecule has 0 spiro atoms. The van der Waals surface area contributed by atoms with E-state index in [2.05, 4.69) is 6.07 Å². The molecule has 20 heavy (non-hydrogen) atoms. The highest BCUT2D eigenvalue weighted by molar-refractivity contribution is 6.30. The Hall–Kier alpha value is -1.71. The molecular formula is C16H16ClNO2. The zero-order valence-corrected chi connectivity index (χ0v) is 12.0. The highest BCUT2D eigenvalue weighted by atomic mass is 35.5. The molecule has 1 heterocycles. The predicted octanol–water partition coefficient (Wildman–Crippen LogP) is 3.33. The molecule has 0 fully saturated rings. The molecule has 0 saturated heterocycles. The first kappa shape index (κ1) is 13.3. The Morgan fingerprint density at radius 1 is 1.25 bits per heavy atom. The number of fused-ring (bicyclic) bond motifs is 1. The van der Waals surface area contributed by atoms with Crippen LogP contribution in [-0.2, 0) is 6.42 Å². The van der Waals surface area contributed by atoms with Crippen LogP contribution in [0.3, 0.4) is 0 Å². The first-order chi connectivity index (χ1) is 9.69. The SMILES string of the molecule is COc1ccc(Cl)cc1C(N)c1ccc2c(c1)CCO2. The lowest BCUT2D eigenvalue weighted by Gasteiger charge is -2.17. The summed E-state index contributed by atoms with van der Waals surface area (Å²) in [5, 5.41) is 0.653. The van der Waals surface area contributed by atoms with Crippen LogP contribution in [-0.4, -0.2) is 13.7 Å². The number of halogens is 1. The van der Waals surface area contributed by atoms with Gasteiger partial charge in [-0.25, -0.2) is 0 Å². The molecule has 2 aromatic carbocycles. The Labute approximate surface area is 123 Å². The summed E-state index contributed by atoms with van der Waals surface area (Å²) in [4.78, 5) is 0. The van der Waals surface area contributed by atoms with E-state index in [1.54, 1.807) is 13.2 Å². The summed E-state index contributed by atoms with van der Waals surface area (Å²) in [7, 11) is 1.63. The number of benzene rings is 2. The number of hydrogen-bond donors (Lipinski definition) is 1. The molecule has 2 aromatic rings. The number of hydrogen-bond acceptors (Lipinski definition) is 3. The maximum absolute atomic E-state index is 6.38. The lowest BCUT2D eigenvalue weighted by Crippen LogP contribution is -2.13. The van der Waals surface area contributed by atoms with E-state index in [4.69, 9.17) is 26.8 Å². The van der Waals surface area contributed by atoms with Crippen molar-refractivity contribution >= 4 is 11.6 Å². The highest BCUT2D eigenvalue weighted by Crippen LogP contribution is 2.34. The van der Waals surface area contributed by atoms with Crippen LogP contribution in [0.15, 0.2) is 36.4 Å². The van der Waals surface area contributed by atoms with Crippen molar-refractivity contribution in [2.45, 2.75) is 12.5 Å². The number of rotatable bonds is 3. The molecule has 0 bridgehead atoms. The van der Waals surface area contributed by atoms with E-state index in [1.165, 1.54) is 5.56 Å². The van der Waals surface area contributed by atoms with Gasteiger partial charge in [0.15, 0.2) is 0 Å². The third kappa shape index (κ3) is 2.35. The highest BCUT2D eigenvalue weighted by Gasteiger charge is 2.18. The third-order valence-electron chi connectivity index (χ3n) is 3.60. The molecule has 3 nitrogen and oxygen atoms in total. The minimum Gasteiger partial charge on any atom is -0.496 e. The fourth-order valence-electron chi connectivity index (χ4n) is 2.53. The maximum atomic E-state index is 6.38. The van der Waals surface area contributed by atoms with Crippen LogP contribution >= 0.6 is 11.6 Å². The second-order valence-electron chi connectivity index (χ2n) is 4.83. The van der Waals surface area contributed by atoms with Crippen molar-refractivity contribution < 1.29 is 9.47 Å². The summed E-state index contributed by atoms with van der Waals surface area (Å²) >= 11 is 6.07. The molecular weight excluding hydrogens is 274 g/mol. The van der Waals surface area contributed by atoms with Crippen molar-refractivity contribution in [3.63, 3.8) is 0 Å². The number of ether oxygens (including phenoxy) is 2. The van der Waals surface area contributed by atoms with Crippen molar-refractivity contribution in [2.75, 3.05) is 13.7 Å². The smallest absolute Gasteiger partial charge is 0.124 e. The van der Waals surface area contributed by atoms with Crippen molar-refractivity contribution in [3.05, 3.63) is 58.1 Å². The predicted molar refractivity (Wildman–Crippen MR) is 79.7 cm³/mol. The Morgan fingerprint density at radius 3 is 2.90 bits per heavy atom. The topological polar surface area (TPSA) is 44.5 Å². The quantitative estimate of drug-likeness (QED) is 0.942. The minimum atomic E-state index is -0.269.